The van der Waals surface area contributed by atoms with Crippen LogP contribution in [0.3, 0.4) is 0 Å². The number of hydrogen-bond donors (Lipinski definition) is 1. The van der Waals surface area contributed by atoms with Crippen LogP contribution in [0.5, 0.6) is 5.75 Å². The molecule has 2 rings (SSSR count). The van der Waals surface area contributed by atoms with Gasteiger partial charge in [0, 0.05) is 10.9 Å². The average molecular weight is 275 g/mol. The SMILES string of the molecule is CNC(CCc1ccc(OC)cc1)Cc1cccs1. The number of benzene rings is 1. The summed E-state index contributed by atoms with van der Waals surface area (Å²) in [6.45, 7) is 0. The summed E-state index contributed by atoms with van der Waals surface area (Å²) in [7, 11) is 3.75. The molecule has 1 aromatic heterocycles. The van der Waals surface area contributed by atoms with Gasteiger partial charge in [0.25, 0.3) is 0 Å². The van der Waals surface area contributed by atoms with Gasteiger partial charge in [-0.05, 0) is 55.5 Å². The predicted molar refractivity (Wildman–Crippen MR) is 82.2 cm³/mol. The zero-order chi connectivity index (χ0) is 13.5. The number of thiophene rings is 1. The van der Waals surface area contributed by atoms with Gasteiger partial charge in [0.15, 0.2) is 0 Å². The van der Waals surface area contributed by atoms with Crippen LogP contribution < -0.4 is 10.1 Å². The smallest absolute Gasteiger partial charge is 0.118 e. The lowest BCUT2D eigenvalue weighted by atomic mass is 10.0. The number of aryl methyl sites for hydroxylation is 1. The second-order valence-corrected chi connectivity index (χ2v) is 5.69. The first-order valence-electron chi connectivity index (χ1n) is 6.64. The van der Waals surface area contributed by atoms with Crippen LogP contribution >= 0.6 is 11.3 Å². The molecular weight excluding hydrogens is 254 g/mol. The maximum atomic E-state index is 5.18. The molecule has 0 saturated carbocycles. The van der Waals surface area contributed by atoms with Gasteiger partial charge in [-0.3, -0.25) is 0 Å². The third kappa shape index (κ3) is 4.37. The van der Waals surface area contributed by atoms with E-state index in [1.54, 1.807) is 7.11 Å². The molecule has 2 nitrogen and oxygen atoms in total. The zero-order valence-corrected chi connectivity index (χ0v) is 12.4. The quantitative estimate of drug-likeness (QED) is 0.835. The predicted octanol–water partition coefficient (Wildman–Crippen LogP) is 3.52. The van der Waals surface area contributed by atoms with Crippen LogP contribution in [0.1, 0.15) is 16.9 Å². The first-order chi connectivity index (χ1) is 9.31. The third-order valence-electron chi connectivity index (χ3n) is 3.38. The highest BCUT2D eigenvalue weighted by Gasteiger charge is 2.08. The van der Waals surface area contributed by atoms with Crippen molar-refractivity contribution in [1.82, 2.24) is 5.32 Å². The molecular formula is C16H21NOS. The Balaban J connectivity index is 1.84. The number of likely N-dealkylation sites (N-methyl/N-ethyl adjacent to an activating group) is 1. The van der Waals surface area contributed by atoms with Crippen molar-refractivity contribution >= 4 is 11.3 Å². The van der Waals surface area contributed by atoms with Crippen molar-refractivity contribution in [3.8, 4) is 5.75 Å². The molecule has 1 atom stereocenters. The van der Waals surface area contributed by atoms with E-state index in [1.165, 1.54) is 10.4 Å². The van der Waals surface area contributed by atoms with Gasteiger partial charge in [0.2, 0.25) is 0 Å². The van der Waals surface area contributed by atoms with Gasteiger partial charge < -0.3 is 10.1 Å². The zero-order valence-electron chi connectivity index (χ0n) is 11.6. The van der Waals surface area contributed by atoms with Crippen LogP contribution in [0.2, 0.25) is 0 Å². The minimum absolute atomic E-state index is 0.542. The number of nitrogens with one attached hydrogen (secondary N) is 1. The van der Waals surface area contributed by atoms with Crippen molar-refractivity contribution in [2.24, 2.45) is 0 Å². The van der Waals surface area contributed by atoms with E-state index in [9.17, 15) is 0 Å². The van der Waals surface area contributed by atoms with Crippen molar-refractivity contribution in [2.45, 2.75) is 25.3 Å². The normalized spacial score (nSPS) is 12.3. The van der Waals surface area contributed by atoms with Crippen molar-refractivity contribution in [3.63, 3.8) is 0 Å². The Labute approximate surface area is 119 Å². The van der Waals surface area contributed by atoms with Crippen molar-refractivity contribution in [2.75, 3.05) is 14.2 Å². The number of hydrogen-bond acceptors (Lipinski definition) is 3. The van der Waals surface area contributed by atoms with Crippen LogP contribution in [0.25, 0.3) is 0 Å². The molecule has 0 saturated heterocycles. The van der Waals surface area contributed by atoms with Gasteiger partial charge in [-0.1, -0.05) is 18.2 Å². The van der Waals surface area contributed by atoms with E-state index in [4.69, 9.17) is 4.74 Å². The molecule has 19 heavy (non-hydrogen) atoms. The summed E-state index contributed by atoms with van der Waals surface area (Å²) in [5.74, 6) is 0.924. The highest BCUT2D eigenvalue weighted by Crippen LogP contribution is 2.16. The fourth-order valence-corrected chi connectivity index (χ4v) is 2.94. The molecule has 0 aliphatic rings. The molecule has 1 heterocycles. The lowest BCUT2D eigenvalue weighted by molar-refractivity contribution is 0.414. The molecule has 0 fully saturated rings. The van der Waals surface area contributed by atoms with E-state index in [0.717, 1.165) is 25.0 Å². The summed E-state index contributed by atoms with van der Waals surface area (Å²) < 4.78 is 5.18. The molecule has 1 unspecified atom stereocenters. The van der Waals surface area contributed by atoms with Crippen LogP contribution in [0.4, 0.5) is 0 Å². The second-order valence-electron chi connectivity index (χ2n) is 4.66. The topological polar surface area (TPSA) is 21.3 Å². The molecule has 2 aromatic rings. The molecule has 0 aliphatic heterocycles. The maximum absolute atomic E-state index is 5.18. The van der Waals surface area contributed by atoms with E-state index >= 15 is 0 Å². The third-order valence-corrected chi connectivity index (χ3v) is 4.28. The number of methoxy groups -OCH3 is 1. The highest BCUT2D eigenvalue weighted by atomic mass is 32.1. The first-order valence-corrected chi connectivity index (χ1v) is 7.52. The molecule has 1 aromatic carbocycles. The van der Waals surface area contributed by atoms with Crippen LogP contribution in [-0.4, -0.2) is 20.2 Å². The molecule has 0 bridgehead atoms. The standard InChI is InChI=1S/C16H21NOS/c1-17-14(12-16-4-3-11-19-16)8-5-13-6-9-15(18-2)10-7-13/h3-4,6-7,9-11,14,17H,5,8,12H2,1-2H3. The number of rotatable bonds is 7. The molecule has 3 heteroatoms. The summed E-state index contributed by atoms with van der Waals surface area (Å²) in [6, 6.07) is 13.2. The van der Waals surface area contributed by atoms with Crippen molar-refractivity contribution in [1.29, 1.82) is 0 Å². The van der Waals surface area contributed by atoms with E-state index < -0.39 is 0 Å². The van der Waals surface area contributed by atoms with E-state index in [-0.39, 0.29) is 0 Å². The molecule has 1 N–H and O–H groups in total. The van der Waals surface area contributed by atoms with Gasteiger partial charge in [-0.2, -0.15) is 0 Å². The van der Waals surface area contributed by atoms with Crippen molar-refractivity contribution in [3.05, 3.63) is 52.2 Å². The Hall–Kier alpha value is -1.32. The van der Waals surface area contributed by atoms with Crippen LogP contribution in [-0.2, 0) is 12.8 Å². The summed E-state index contributed by atoms with van der Waals surface area (Å²) >= 11 is 1.84. The van der Waals surface area contributed by atoms with Crippen LogP contribution in [0, 0.1) is 0 Å². The summed E-state index contributed by atoms with van der Waals surface area (Å²) in [4.78, 5) is 1.45. The molecule has 0 radical (unpaired) electrons. The number of ether oxygens (including phenoxy) is 1. The van der Waals surface area contributed by atoms with E-state index in [1.807, 2.05) is 30.5 Å². The van der Waals surface area contributed by atoms with E-state index in [2.05, 4.69) is 35.0 Å². The van der Waals surface area contributed by atoms with Crippen LogP contribution in [0.15, 0.2) is 41.8 Å². The summed E-state index contributed by atoms with van der Waals surface area (Å²) in [5, 5.41) is 5.56. The largest absolute Gasteiger partial charge is 0.497 e. The Morgan fingerprint density at radius 2 is 2.00 bits per heavy atom. The highest BCUT2D eigenvalue weighted by molar-refractivity contribution is 7.09. The monoisotopic (exact) mass is 275 g/mol. The van der Waals surface area contributed by atoms with Gasteiger partial charge in [-0.25, -0.2) is 0 Å². The van der Waals surface area contributed by atoms with Crippen molar-refractivity contribution < 1.29 is 4.74 Å². The molecule has 0 spiro atoms. The Morgan fingerprint density at radius 1 is 1.21 bits per heavy atom. The van der Waals surface area contributed by atoms with E-state index in [0.29, 0.717) is 6.04 Å². The minimum atomic E-state index is 0.542. The van der Waals surface area contributed by atoms with Gasteiger partial charge in [-0.15, -0.1) is 11.3 Å². The lowest BCUT2D eigenvalue weighted by Crippen LogP contribution is -2.27. The fourth-order valence-electron chi connectivity index (χ4n) is 2.15. The molecule has 102 valence electrons. The first kappa shape index (κ1) is 14.1. The second kappa shape index (κ2) is 7.31. The van der Waals surface area contributed by atoms with Gasteiger partial charge in [0.1, 0.15) is 5.75 Å². The summed E-state index contributed by atoms with van der Waals surface area (Å²) in [6.07, 6.45) is 3.37. The average Bonchev–Trinajstić information content (AvgIpc) is 2.97. The Bertz CT molecular complexity index is 464. The lowest BCUT2D eigenvalue weighted by Gasteiger charge is -2.15. The Kier molecular flexibility index (Phi) is 5.43. The maximum Gasteiger partial charge on any atom is 0.118 e. The summed E-state index contributed by atoms with van der Waals surface area (Å²) in [5.41, 5.74) is 1.37. The molecule has 0 aliphatic carbocycles. The van der Waals surface area contributed by atoms with Gasteiger partial charge in [0.05, 0.1) is 7.11 Å². The minimum Gasteiger partial charge on any atom is -0.497 e. The fraction of sp³-hybridized carbons (Fsp3) is 0.375. The molecule has 0 amide bonds. The Morgan fingerprint density at radius 3 is 2.58 bits per heavy atom. The van der Waals surface area contributed by atoms with Gasteiger partial charge >= 0.3 is 0 Å².